The van der Waals surface area contributed by atoms with Crippen molar-refractivity contribution in [2.24, 2.45) is 5.73 Å². The van der Waals surface area contributed by atoms with Gasteiger partial charge in [-0.3, -0.25) is 10.1 Å². The van der Waals surface area contributed by atoms with Gasteiger partial charge in [0.1, 0.15) is 5.54 Å². The van der Waals surface area contributed by atoms with Crippen LogP contribution in [0.25, 0.3) is 0 Å². The molecule has 1 aromatic carbocycles. The monoisotopic (exact) mass is 282 g/mol. The van der Waals surface area contributed by atoms with Gasteiger partial charge in [-0.25, -0.2) is 0 Å². The van der Waals surface area contributed by atoms with Crippen molar-refractivity contribution in [2.45, 2.75) is 24.6 Å². The van der Waals surface area contributed by atoms with Gasteiger partial charge in [-0.05, 0) is 12.1 Å². The normalized spacial score (nSPS) is 15.7. The number of hydrogen-bond acceptors (Lipinski definition) is 4. The molecule has 0 radical (unpaired) electrons. The number of rotatable bonds is 8. The van der Waals surface area contributed by atoms with Crippen LogP contribution in [0.3, 0.4) is 0 Å². The molecule has 2 atom stereocenters. The number of likely N-dealkylation sites (N-methyl/N-ethyl adjacent to an activating group) is 1. The summed E-state index contributed by atoms with van der Waals surface area (Å²) >= 11 is 1.53. The van der Waals surface area contributed by atoms with Gasteiger partial charge in [0.05, 0.1) is 6.61 Å². The van der Waals surface area contributed by atoms with Gasteiger partial charge in [-0.2, -0.15) is 11.8 Å². The molecule has 4 nitrogen and oxygen atoms in total. The minimum atomic E-state index is -0.885. The average molecular weight is 282 g/mol. The molecule has 4 N–H and O–H groups in total. The Bertz CT molecular complexity index is 400. The molecule has 0 saturated carbocycles. The summed E-state index contributed by atoms with van der Waals surface area (Å²) in [6, 6.07) is 9.49. The predicted molar refractivity (Wildman–Crippen MR) is 80.0 cm³/mol. The van der Waals surface area contributed by atoms with E-state index in [1.807, 2.05) is 44.2 Å². The van der Waals surface area contributed by atoms with E-state index in [2.05, 4.69) is 5.32 Å². The lowest BCUT2D eigenvalue weighted by Crippen LogP contribution is -2.54. The molecular weight excluding hydrogens is 260 g/mol. The average Bonchev–Trinajstić information content (AvgIpc) is 2.43. The first-order valence-electron chi connectivity index (χ1n) is 6.39. The third-order valence-electron chi connectivity index (χ3n) is 3.01. The number of thioether (sulfide) groups is 1. The highest BCUT2D eigenvalue weighted by atomic mass is 32.2. The number of benzene rings is 1. The van der Waals surface area contributed by atoms with Gasteiger partial charge < -0.3 is 10.8 Å². The van der Waals surface area contributed by atoms with Crippen molar-refractivity contribution in [3.8, 4) is 0 Å². The Labute approximate surface area is 118 Å². The summed E-state index contributed by atoms with van der Waals surface area (Å²) in [6.45, 7) is 4.60. The molecular formula is C14H22N2O2S. The summed E-state index contributed by atoms with van der Waals surface area (Å²) in [5.74, 6) is 0.111. The number of nitrogens with one attached hydrogen (secondary N) is 1. The molecule has 1 aromatic rings. The first-order valence-corrected chi connectivity index (χ1v) is 7.44. The Morgan fingerprint density at radius 3 is 2.58 bits per heavy atom. The van der Waals surface area contributed by atoms with Crippen LogP contribution in [0.4, 0.5) is 0 Å². The molecule has 106 valence electrons. The molecule has 0 saturated heterocycles. The van der Waals surface area contributed by atoms with Gasteiger partial charge in [-0.15, -0.1) is 0 Å². The third kappa shape index (κ3) is 3.96. The van der Waals surface area contributed by atoms with Crippen molar-refractivity contribution in [3.05, 3.63) is 35.9 Å². The molecule has 0 aliphatic rings. The molecule has 0 aliphatic heterocycles. The number of aliphatic hydroxyl groups excluding tert-OH is 1. The van der Waals surface area contributed by atoms with Crippen LogP contribution in [0.5, 0.6) is 0 Å². The minimum absolute atomic E-state index is 0.0705. The van der Waals surface area contributed by atoms with E-state index in [-0.39, 0.29) is 11.9 Å². The Balaban J connectivity index is 3.04. The molecule has 0 bridgehead atoms. The van der Waals surface area contributed by atoms with Crippen LogP contribution < -0.4 is 11.1 Å². The summed E-state index contributed by atoms with van der Waals surface area (Å²) in [4.78, 5) is 12.0. The molecule has 0 spiro atoms. The first-order chi connectivity index (χ1) is 9.06. The molecule has 1 amide bonds. The number of hydrogen-bond donors (Lipinski definition) is 3. The number of amides is 1. The molecule has 0 heterocycles. The fourth-order valence-corrected chi connectivity index (χ4v) is 2.93. The zero-order valence-electron chi connectivity index (χ0n) is 11.4. The van der Waals surface area contributed by atoms with Gasteiger partial charge >= 0.3 is 0 Å². The van der Waals surface area contributed by atoms with Crippen molar-refractivity contribution in [2.75, 3.05) is 18.9 Å². The Hall–Kier alpha value is -1.04. The van der Waals surface area contributed by atoms with Crippen LogP contribution in [-0.4, -0.2) is 35.2 Å². The maximum absolute atomic E-state index is 12.0. The van der Waals surface area contributed by atoms with Crippen molar-refractivity contribution in [3.63, 3.8) is 0 Å². The fourth-order valence-electron chi connectivity index (χ4n) is 1.88. The molecule has 0 aromatic heterocycles. The van der Waals surface area contributed by atoms with Crippen LogP contribution in [0.1, 0.15) is 19.4 Å². The van der Waals surface area contributed by atoms with Gasteiger partial charge in [0.15, 0.2) is 0 Å². The number of nitrogens with two attached hydrogens (primary N) is 1. The smallest absolute Gasteiger partial charge is 0.243 e. The number of aliphatic hydroxyl groups is 1. The maximum Gasteiger partial charge on any atom is 0.243 e. The maximum atomic E-state index is 12.0. The van der Waals surface area contributed by atoms with Gasteiger partial charge in [0.25, 0.3) is 0 Å². The van der Waals surface area contributed by atoms with Crippen molar-refractivity contribution < 1.29 is 9.90 Å². The zero-order chi connectivity index (χ0) is 14.3. The van der Waals surface area contributed by atoms with Crippen molar-refractivity contribution in [1.82, 2.24) is 5.32 Å². The first kappa shape index (κ1) is 16.0. The van der Waals surface area contributed by atoms with Gasteiger partial charge in [-0.1, -0.05) is 44.2 Å². The number of carbonyl (C=O) groups excluding carboxylic acids is 1. The van der Waals surface area contributed by atoms with E-state index < -0.39 is 11.4 Å². The van der Waals surface area contributed by atoms with E-state index in [1.54, 1.807) is 0 Å². The second-order valence-corrected chi connectivity index (χ2v) is 5.90. The molecule has 5 heteroatoms. The predicted octanol–water partition coefficient (Wildman–Crippen LogP) is 1.09. The molecule has 0 aliphatic carbocycles. The Morgan fingerprint density at radius 2 is 2.11 bits per heavy atom. The minimum Gasteiger partial charge on any atom is -0.395 e. The van der Waals surface area contributed by atoms with Gasteiger partial charge in [0.2, 0.25) is 5.91 Å². The molecule has 0 fully saturated rings. The lowest BCUT2D eigenvalue weighted by Gasteiger charge is -2.32. The second kappa shape index (κ2) is 7.53. The highest BCUT2D eigenvalue weighted by Crippen LogP contribution is 2.27. The fraction of sp³-hybridized carbons (Fsp3) is 0.500. The lowest BCUT2D eigenvalue weighted by molar-refractivity contribution is -0.123. The zero-order valence-corrected chi connectivity index (χ0v) is 12.2. The molecule has 1 rings (SSSR count). The van der Waals surface area contributed by atoms with E-state index in [1.165, 1.54) is 11.8 Å². The van der Waals surface area contributed by atoms with E-state index in [4.69, 9.17) is 10.8 Å². The highest BCUT2D eigenvalue weighted by Gasteiger charge is 2.37. The van der Waals surface area contributed by atoms with Crippen LogP contribution in [-0.2, 0) is 10.3 Å². The van der Waals surface area contributed by atoms with Crippen molar-refractivity contribution in [1.29, 1.82) is 0 Å². The Morgan fingerprint density at radius 1 is 1.47 bits per heavy atom. The van der Waals surface area contributed by atoms with Crippen LogP contribution in [0, 0.1) is 0 Å². The highest BCUT2D eigenvalue weighted by molar-refractivity contribution is 8.00. The SMILES string of the molecule is CCNC(CSC(C)CO)(C(N)=O)c1ccccc1. The topological polar surface area (TPSA) is 75.3 Å². The summed E-state index contributed by atoms with van der Waals surface area (Å²) < 4.78 is 0. The molecule has 19 heavy (non-hydrogen) atoms. The number of primary amides is 1. The largest absolute Gasteiger partial charge is 0.395 e. The number of carbonyl (C=O) groups is 1. The van der Waals surface area contributed by atoms with E-state index >= 15 is 0 Å². The summed E-state index contributed by atoms with van der Waals surface area (Å²) in [5.41, 5.74) is 5.62. The van der Waals surface area contributed by atoms with Crippen molar-refractivity contribution >= 4 is 17.7 Å². The third-order valence-corrected chi connectivity index (χ3v) is 4.33. The van der Waals surface area contributed by atoms with E-state index in [9.17, 15) is 4.79 Å². The summed E-state index contributed by atoms with van der Waals surface area (Å²) in [7, 11) is 0. The Kier molecular flexibility index (Phi) is 6.34. The van der Waals surface area contributed by atoms with Gasteiger partial charge in [0, 0.05) is 11.0 Å². The summed E-state index contributed by atoms with van der Waals surface area (Å²) in [6.07, 6.45) is 0. The second-order valence-electron chi connectivity index (χ2n) is 4.47. The van der Waals surface area contributed by atoms with Crippen LogP contribution in [0.2, 0.25) is 0 Å². The molecule has 2 unspecified atom stereocenters. The quantitative estimate of drug-likeness (QED) is 0.667. The van der Waals surface area contributed by atoms with E-state index in [0.717, 1.165) is 5.56 Å². The lowest BCUT2D eigenvalue weighted by atomic mass is 9.91. The summed E-state index contributed by atoms with van der Waals surface area (Å²) in [5, 5.41) is 12.4. The van der Waals surface area contributed by atoms with Crippen LogP contribution in [0.15, 0.2) is 30.3 Å². The standard InChI is InChI=1S/C14H22N2O2S/c1-3-16-14(13(15)18,10-19-11(2)9-17)12-7-5-4-6-8-12/h4-8,11,16-17H,3,9-10H2,1-2H3,(H2,15,18). The van der Waals surface area contributed by atoms with Crippen LogP contribution >= 0.6 is 11.8 Å². The van der Waals surface area contributed by atoms with E-state index in [0.29, 0.717) is 12.3 Å².